The Balaban J connectivity index is 2.82. The van der Waals surface area contributed by atoms with E-state index in [1.165, 1.54) is 11.3 Å². The van der Waals surface area contributed by atoms with E-state index in [0.717, 1.165) is 36.3 Å². The zero-order valence-corrected chi connectivity index (χ0v) is 16.1. The van der Waals surface area contributed by atoms with Crippen molar-refractivity contribution in [2.45, 2.75) is 52.5 Å². The summed E-state index contributed by atoms with van der Waals surface area (Å²) in [5, 5.41) is 13.9. The molecule has 24 heavy (non-hydrogen) atoms. The van der Waals surface area contributed by atoms with Gasteiger partial charge in [-0.05, 0) is 30.8 Å². The number of carbonyl (C=O) groups is 2. The first kappa shape index (κ1) is 20.7. The third kappa shape index (κ3) is 6.28. The Morgan fingerprint density at radius 1 is 1.46 bits per heavy atom. The number of carboxylic acids is 1. The van der Waals surface area contributed by atoms with Crippen LogP contribution >= 0.6 is 24.0 Å². The molecule has 1 amide bonds. The fraction of sp³-hybridized carbons (Fsp3) is 0.588. The molecule has 0 saturated heterocycles. The Kier molecular flexibility index (Phi) is 9.07. The predicted molar refractivity (Wildman–Crippen MR) is 102 cm³/mol. The summed E-state index contributed by atoms with van der Waals surface area (Å²) in [5.74, 6) is -0.890. The quantitative estimate of drug-likeness (QED) is 0.546. The zero-order chi connectivity index (χ0) is 18.1. The summed E-state index contributed by atoms with van der Waals surface area (Å²) in [7, 11) is 0. The third-order valence-corrected chi connectivity index (χ3v) is 5.13. The topological polar surface area (TPSA) is 79.3 Å². The number of carbonyl (C=O) groups excluding carboxylic acids is 1. The van der Waals surface area contributed by atoms with Crippen LogP contribution in [0.2, 0.25) is 0 Å². The van der Waals surface area contributed by atoms with Gasteiger partial charge in [0.15, 0.2) is 0 Å². The Labute approximate surface area is 153 Å². The standard InChI is InChI=1S/C17H26N2O3S2/c1-4-6-12(8-7-11(3)5-2)16-19-14(10-24-16)15(20)18-13(9-23)17(21)22/h6,10-11,13,23H,4-5,7-9H2,1-3H3,(H,18,20)(H,21,22)/b12-6+. The summed E-state index contributed by atoms with van der Waals surface area (Å²) < 4.78 is 0. The van der Waals surface area contributed by atoms with Crippen LogP contribution in [0.3, 0.4) is 0 Å². The maximum absolute atomic E-state index is 12.1. The lowest BCUT2D eigenvalue weighted by atomic mass is 9.99. The van der Waals surface area contributed by atoms with Gasteiger partial charge in [0.2, 0.25) is 0 Å². The fourth-order valence-electron chi connectivity index (χ4n) is 2.09. The molecule has 7 heteroatoms. The number of aliphatic carboxylic acids is 1. The maximum Gasteiger partial charge on any atom is 0.327 e. The minimum absolute atomic E-state index is 0.0357. The molecule has 0 aliphatic rings. The number of aromatic nitrogens is 1. The lowest BCUT2D eigenvalue weighted by Gasteiger charge is -2.10. The summed E-state index contributed by atoms with van der Waals surface area (Å²) >= 11 is 5.36. The molecule has 2 N–H and O–H groups in total. The molecule has 0 radical (unpaired) electrons. The van der Waals surface area contributed by atoms with E-state index >= 15 is 0 Å². The van der Waals surface area contributed by atoms with Crippen LogP contribution in [0.25, 0.3) is 5.57 Å². The van der Waals surface area contributed by atoms with E-state index < -0.39 is 17.9 Å². The molecular formula is C17H26N2O3S2. The van der Waals surface area contributed by atoms with Crippen LogP contribution in [0.1, 0.15) is 62.0 Å². The van der Waals surface area contributed by atoms with Crippen LogP contribution in [0, 0.1) is 5.92 Å². The average Bonchev–Trinajstić information content (AvgIpc) is 3.05. The van der Waals surface area contributed by atoms with Gasteiger partial charge in [-0.3, -0.25) is 4.79 Å². The van der Waals surface area contributed by atoms with Crippen molar-refractivity contribution in [2.75, 3.05) is 5.75 Å². The molecule has 2 unspecified atom stereocenters. The third-order valence-electron chi connectivity index (χ3n) is 3.85. The summed E-state index contributed by atoms with van der Waals surface area (Å²) in [5.41, 5.74) is 1.42. The average molecular weight is 371 g/mol. The lowest BCUT2D eigenvalue weighted by Crippen LogP contribution is -2.42. The molecule has 1 rings (SSSR count). The highest BCUT2D eigenvalue weighted by molar-refractivity contribution is 7.80. The van der Waals surface area contributed by atoms with Gasteiger partial charge >= 0.3 is 5.97 Å². The molecule has 5 nitrogen and oxygen atoms in total. The van der Waals surface area contributed by atoms with Crippen molar-refractivity contribution in [3.8, 4) is 0 Å². The van der Waals surface area contributed by atoms with Crippen LogP contribution in [-0.2, 0) is 4.79 Å². The second kappa shape index (κ2) is 10.5. The highest BCUT2D eigenvalue weighted by Gasteiger charge is 2.21. The molecule has 0 aliphatic carbocycles. The van der Waals surface area contributed by atoms with Crippen LogP contribution in [0.5, 0.6) is 0 Å². The first-order valence-electron chi connectivity index (χ1n) is 8.22. The van der Waals surface area contributed by atoms with Gasteiger partial charge in [-0.15, -0.1) is 11.3 Å². The Bertz CT molecular complexity index is 584. The minimum atomic E-state index is -1.10. The summed E-state index contributed by atoms with van der Waals surface area (Å²) in [6.07, 6.45) is 6.23. The van der Waals surface area contributed by atoms with E-state index in [0.29, 0.717) is 5.92 Å². The van der Waals surface area contributed by atoms with Crippen molar-refractivity contribution < 1.29 is 14.7 Å². The number of thiol groups is 1. The van der Waals surface area contributed by atoms with Gasteiger partial charge in [0.05, 0.1) is 0 Å². The predicted octanol–water partition coefficient (Wildman–Crippen LogP) is 3.88. The summed E-state index contributed by atoms with van der Waals surface area (Å²) in [6.45, 7) is 6.49. The number of hydrogen-bond acceptors (Lipinski definition) is 5. The van der Waals surface area contributed by atoms with Crippen molar-refractivity contribution in [1.29, 1.82) is 0 Å². The molecule has 134 valence electrons. The summed E-state index contributed by atoms with van der Waals surface area (Å²) in [6, 6.07) is -1.01. The fourth-order valence-corrected chi connectivity index (χ4v) is 3.21. The van der Waals surface area contributed by atoms with E-state index in [9.17, 15) is 9.59 Å². The molecule has 0 spiro atoms. The van der Waals surface area contributed by atoms with Gasteiger partial charge in [-0.25, -0.2) is 9.78 Å². The largest absolute Gasteiger partial charge is 0.480 e. The molecule has 2 atom stereocenters. The normalized spacial score (nSPS) is 14.2. The van der Waals surface area contributed by atoms with Gasteiger partial charge in [0.1, 0.15) is 16.7 Å². The number of thiazole rings is 1. The Hall–Kier alpha value is -1.34. The first-order valence-corrected chi connectivity index (χ1v) is 9.73. The van der Waals surface area contributed by atoms with Crippen LogP contribution in [0.4, 0.5) is 0 Å². The first-order chi connectivity index (χ1) is 11.4. The van der Waals surface area contributed by atoms with Crippen molar-refractivity contribution in [3.05, 3.63) is 22.2 Å². The maximum atomic E-state index is 12.1. The second-order valence-corrected chi connectivity index (χ2v) is 7.00. The molecule has 0 aliphatic heterocycles. The van der Waals surface area contributed by atoms with Gasteiger partial charge in [-0.1, -0.05) is 33.3 Å². The van der Waals surface area contributed by atoms with Gasteiger partial charge < -0.3 is 10.4 Å². The molecule has 1 aromatic rings. The molecule has 0 fully saturated rings. The van der Waals surface area contributed by atoms with E-state index in [1.807, 2.05) is 0 Å². The Morgan fingerprint density at radius 3 is 2.71 bits per heavy atom. The lowest BCUT2D eigenvalue weighted by molar-refractivity contribution is -0.138. The second-order valence-electron chi connectivity index (χ2n) is 5.77. The van der Waals surface area contributed by atoms with Crippen LogP contribution in [0.15, 0.2) is 11.5 Å². The Morgan fingerprint density at radius 2 is 2.17 bits per heavy atom. The smallest absolute Gasteiger partial charge is 0.327 e. The van der Waals surface area contributed by atoms with Crippen molar-refractivity contribution >= 4 is 41.4 Å². The highest BCUT2D eigenvalue weighted by atomic mass is 32.1. The SMILES string of the molecule is CC/C=C(\CCC(C)CC)c1nc(C(=O)NC(CS)C(=O)O)cs1. The van der Waals surface area contributed by atoms with Crippen molar-refractivity contribution in [3.63, 3.8) is 0 Å². The van der Waals surface area contributed by atoms with E-state index in [-0.39, 0.29) is 11.4 Å². The molecular weight excluding hydrogens is 344 g/mol. The van der Waals surface area contributed by atoms with Crippen LogP contribution in [-0.4, -0.2) is 33.8 Å². The van der Waals surface area contributed by atoms with Gasteiger partial charge in [-0.2, -0.15) is 12.6 Å². The molecule has 1 heterocycles. The van der Waals surface area contributed by atoms with E-state index in [1.54, 1.807) is 5.38 Å². The van der Waals surface area contributed by atoms with Crippen LogP contribution < -0.4 is 5.32 Å². The van der Waals surface area contributed by atoms with Crippen molar-refractivity contribution in [2.24, 2.45) is 5.92 Å². The molecule has 0 saturated carbocycles. The number of amides is 1. The number of hydrogen-bond donors (Lipinski definition) is 3. The van der Waals surface area contributed by atoms with Crippen molar-refractivity contribution in [1.82, 2.24) is 10.3 Å². The summed E-state index contributed by atoms with van der Waals surface area (Å²) in [4.78, 5) is 27.5. The monoisotopic (exact) mass is 370 g/mol. The molecule has 1 aromatic heterocycles. The number of carboxylic acid groups (broad SMARTS) is 1. The van der Waals surface area contributed by atoms with Gasteiger partial charge in [0, 0.05) is 11.1 Å². The van der Waals surface area contributed by atoms with E-state index in [2.05, 4.69) is 49.8 Å². The van der Waals surface area contributed by atoms with Gasteiger partial charge in [0.25, 0.3) is 5.91 Å². The number of nitrogens with one attached hydrogen (secondary N) is 1. The number of nitrogens with zero attached hydrogens (tertiary/aromatic N) is 1. The van der Waals surface area contributed by atoms with E-state index in [4.69, 9.17) is 5.11 Å². The minimum Gasteiger partial charge on any atom is -0.480 e. The number of rotatable bonds is 10. The zero-order valence-electron chi connectivity index (χ0n) is 14.4. The molecule has 0 bridgehead atoms. The molecule has 0 aromatic carbocycles. The number of allylic oxidation sites excluding steroid dienone is 2. The highest BCUT2D eigenvalue weighted by Crippen LogP contribution is 2.26.